The third kappa shape index (κ3) is 4.80. The molecule has 8 nitrogen and oxygen atoms in total. The molecule has 3 aromatic heterocycles. The lowest BCUT2D eigenvalue weighted by Gasteiger charge is -2.41. The maximum atomic E-state index is 13.4. The van der Waals surface area contributed by atoms with Gasteiger partial charge in [0.1, 0.15) is 11.4 Å². The number of pyridine rings is 2. The average molecular weight is 434 g/mol. The number of carbonyl (C=O) groups is 2. The molecule has 0 saturated carbocycles. The van der Waals surface area contributed by atoms with E-state index in [-0.39, 0.29) is 18.0 Å². The van der Waals surface area contributed by atoms with E-state index in [9.17, 15) is 9.59 Å². The first kappa shape index (κ1) is 21.5. The lowest BCUT2D eigenvalue weighted by molar-refractivity contribution is 0.00404. The summed E-state index contributed by atoms with van der Waals surface area (Å²) in [6.07, 6.45) is 8.44. The Bertz CT molecular complexity index is 1060. The molecule has 8 heteroatoms. The van der Waals surface area contributed by atoms with E-state index in [0.29, 0.717) is 25.2 Å². The van der Waals surface area contributed by atoms with Gasteiger partial charge in [0.2, 0.25) is 0 Å². The fraction of sp³-hybridized carbons (Fsp3) is 0.333. The maximum absolute atomic E-state index is 13.4. The predicted octanol–water partition coefficient (Wildman–Crippen LogP) is 3.70. The minimum absolute atomic E-state index is 0.130. The first-order valence-corrected chi connectivity index (χ1v) is 10.6. The molecule has 0 unspecified atom stereocenters. The van der Waals surface area contributed by atoms with E-state index in [1.165, 1.54) is 0 Å². The number of ether oxygens (including phenoxy) is 1. The number of amides is 2. The molecular weight excluding hydrogens is 406 g/mol. The second kappa shape index (κ2) is 8.82. The molecule has 0 aromatic carbocycles. The maximum Gasteiger partial charge on any atom is 0.410 e. The SMILES string of the molecule is CC(C)(C)OC(=O)N1CCN(C(=O)c2ccc(-n3cccc3)nc2)[C@H](c2cccnc2)C1. The lowest BCUT2D eigenvalue weighted by atomic mass is 10.0. The van der Waals surface area contributed by atoms with Crippen molar-refractivity contribution in [1.29, 1.82) is 0 Å². The average Bonchev–Trinajstić information content (AvgIpc) is 3.33. The number of nitrogens with zero attached hydrogens (tertiary/aromatic N) is 5. The summed E-state index contributed by atoms with van der Waals surface area (Å²) in [7, 11) is 0. The highest BCUT2D eigenvalue weighted by molar-refractivity contribution is 5.94. The van der Waals surface area contributed by atoms with E-state index in [1.54, 1.807) is 34.5 Å². The number of carbonyl (C=O) groups excluding carboxylic acids is 2. The van der Waals surface area contributed by atoms with Gasteiger partial charge in [-0.15, -0.1) is 0 Å². The quantitative estimate of drug-likeness (QED) is 0.629. The molecule has 3 aromatic rings. The Hall–Kier alpha value is -3.68. The first-order chi connectivity index (χ1) is 15.3. The Balaban J connectivity index is 1.56. The molecule has 1 fully saturated rings. The van der Waals surface area contributed by atoms with Crippen LogP contribution in [0.2, 0.25) is 0 Å². The fourth-order valence-electron chi connectivity index (χ4n) is 3.70. The number of hydrogen-bond acceptors (Lipinski definition) is 5. The minimum Gasteiger partial charge on any atom is -0.444 e. The van der Waals surface area contributed by atoms with Crippen LogP contribution >= 0.6 is 0 Å². The summed E-state index contributed by atoms with van der Waals surface area (Å²) in [4.78, 5) is 38.1. The highest BCUT2D eigenvalue weighted by Gasteiger charge is 2.35. The van der Waals surface area contributed by atoms with Crippen molar-refractivity contribution in [2.75, 3.05) is 19.6 Å². The number of hydrogen-bond donors (Lipinski definition) is 0. The van der Waals surface area contributed by atoms with Crippen molar-refractivity contribution >= 4 is 12.0 Å². The predicted molar refractivity (Wildman–Crippen MR) is 119 cm³/mol. The van der Waals surface area contributed by atoms with Gasteiger partial charge < -0.3 is 19.1 Å². The van der Waals surface area contributed by atoms with Crippen LogP contribution in [0.15, 0.2) is 67.4 Å². The number of piperazine rings is 1. The molecule has 1 aliphatic rings. The minimum atomic E-state index is -0.582. The van der Waals surface area contributed by atoms with E-state index < -0.39 is 5.60 Å². The highest BCUT2D eigenvalue weighted by atomic mass is 16.6. The molecule has 1 saturated heterocycles. The normalized spacial score (nSPS) is 16.7. The molecule has 1 atom stereocenters. The van der Waals surface area contributed by atoms with Gasteiger partial charge in [0, 0.05) is 50.6 Å². The fourth-order valence-corrected chi connectivity index (χ4v) is 3.70. The van der Waals surface area contributed by atoms with Crippen LogP contribution in [0, 0.1) is 0 Å². The zero-order valence-corrected chi connectivity index (χ0v) is 18.5. The molecule has 0 aliphatic carbocycles. The largest absolute Gasteiger partial charge is 0.444 e. The standard InChI is InChI=1S/C24H27N5O3/c1-24(2,3)32-23(31)28-13-14-29(20(17-28)18-7-6-10-25-15-18)22(30)19-8-9-21(26-16-19)27-11-4-5-12-27/h4-12,15-16,20H,13-14,17H2,1-3H3/t20-/m0/s1. The molecule has 32 heavy (non-hydrogen) atoms. The van der Waals surface area contributed by atoms with Gasteiger partial charge >= 0.3 is 6.09 Å². The smallest absolute Gasteiger partial charge is 0.410 e. The molecule has 1 aliphatic heterocycles. The van der Waals surface area contributed by atoms with Crippen LogP contribution < -0.4 is 0 Å². The van der Waals surface area contributed by atoms with Gasteiger partial charge in [-0.1, -0.05) is 6.07 Å². The third-order valence-electron chi connectivity index (χ3n) is 5.23. The topological polar surface area (TPSA) is 80.6 Å². The highest BCUT2D eigenvalue weighted by Crippen LogP contribution is 2.28. The van der Waals surface area contributed by atoms with Gasteiger partial charge in [0.25, 0.3) is 5.91 Å². The molecule has 4 rings (SSSR count). The molecule has 0 radical (unpaired) electrons. The summed E-state index contributed by atoms with van der Waals surface area (Å²) >= 11 is 0. The number of rotatable bonds is 3. The van der Waals surface area contributed by atoms with Crippen molar-refractivity contribution in [3.05, 3.63) is 78.5 Å². The Morgan fingerprint density at radius 3 is 2.44 bits per heavy atom. The Morgan fingerprint density at radius 2 is 1.81 bits per heavy atom. The van der Waals surface area contributed by atoms with Crippen LogP contribution in [-0.4, -0.2) is 61.6 Å². The van der Waals surface area contributed by atoms with E-state index in [0.717, 1.165) is 11.4 Å². The monoisotopic (exact) mass is 433 g/mol. The van der Waals surface area contributed by atoms with E-state index in [4.69, 9.17) is 4.74 Å². The number of aromatic nitrogens is 3. The Kier molecular flexibility index (Phi) is 5.94. The van der Waals surface area contributed by atoms with Crippen LogP contribution in [-0.2, 0) is 4.74 Å². The molecule has 0 spiro atoms. The molecule has 0 bridgehead atoms. The van der Waals surface area contributed by atoms with Crippen LogP contribution in [0.1, 0.15) is 42.7 Å². The zero-order valence-electron chi connectivity index (χ0n) is 18.5. The molecule has 4 heterocycles. The second-order valence-corrected chi connectivity index (χ2v) is 8.72. The summed E-state index contributed by atoms with van der Waals surface area (Å²) in [5.74, 6) is 0.611. The van der Waals surface area contributed by atoms with Gasteiger partial charge in [-0.2, -0.15) is 0 Å². The van der Waals surface area contributed by atoms with E-state index in [2.05, 4.69) is 9.97 Å². The van der Waals surface area contributed by atoms with Crippen LogP contribution in [0.3, 0.4) is 0 Å². The van der Waals surface area contributed by atoms with Gasteiger partial charge in [-0.05, 0) is 56.7 Å². The first-order valence-electron chi connectivity index (χ1n) is 10.6. The summed E-state index contributed by atoms with van der Waals surface area (Å²) in [5.41, 5.74) is 0.785. The summed E-state index contributed by atoms with van der Waals surface area (Å²) < 4.78 is 7.43. The molecule has 2 amide bonds. The molecule has 166 valence electrons. The van der Waals surface area contributed by atoms with Crippen LogP contribution in [0.25, 0.3) is 5.82 Å². The van der Waals surface area contributed by atoms with Crippen LogP contribution in [0.5, 0.6) is 0 Å². The second-order valence-electron chi connectivity index (χ2n) is 8.72. The van der Waals surface area contributed by atoms with Crippen molar-refractivity contribution in [1.82, 2.24) is 24.3 Å². The van der Waals surface area contributed by atoms with Gasteiger partial charge in [0.15, 0.2) is 0 Å². The van der Waals surface area contributed by atoms with Crippen molar-refractivity contribution in [2.24, 2.45) is 0 Å². The Labute approximate surface area is 187 Å². The molecular formula is C24H27N5O3. The van der Waals surface area contributed by atoms with Crippen molar-refractivity contribution in [3.63, 3.8) is 0 Å². The van der Waals surface area contributed by atoms with Crippen LogP contribution in [0.4, 0.5) is 4.79 Å². The van der Waals surface area contributed by atoms with E-state index >= 15 is 0 Å². The van der Waals surface area contributed by atoms with Gasteiger partial charge in [-0.3, -0.25) is 9.78 Å². The third-order valence-corrected chi connectivity index (χ3v) is 5.23. The lowest BCUT2D eigenvalue weighted by Crippen LogP contribution is -2.53. The van der Waals surface area contributed by atoms with Gasteiger partial charge in [-0.25, -0.2) is 9.78 Å². The van der Waals surface area contributed by atoms with E-state index in [1.807, 2.05) is 68.1 Å². The Morgan fingerprint density at radius 1 is 1.03 bits per heavy atom. The van der Waals surface area contributed by atoms with Crippen molar-refractivity contribution in [3.8, 4) is 5.82 Å². The van der Waals surface area contributed by atoms with Crippen molar-refractivity contribution < 1.29 is 14.3 Å². The summed E-state index contributed by atoms with van der Waals surface area (Å²) in [5, 5.41) is 0. The summed E-state index contributed by atoms with van der Waals surface area (Å²) in [6, 6.07) is 10.9. The van der Waals surface area contributed by atoms with Crippen molar-refractivity contribution in [2.45, 2.75) is 32.4 Å². The zero-order chi connectivity index (χ0) is 22.7. The van der Waals surface area contributed by atoms with Gasteiger partial charge in [0.05, 0.1) is 11.6 Å². The molecule has 0 N–H and O–H groups in total. The summed E-state index contributed by atoms with van der Waals surface area (Å²) in [6.45, 7) is 6.64.